The van der Waals surface area contributed by atoms with Crippen LogP contribution in [-0.2, 0) is 9.84 Å². The van der Waals surface area contributed by atoms with Gasteiger partial charge >= 0.3 is 0 Å². The fourth-order valence-corrected chi connectivity index (χ4v) is 2.16. The van der Waals surface area contributed by atoms with E-state index < -0.39 is 9.84 Å². The topological polar surface area (TPSA) is 57.9 Å². The number of rotatable bonds is 1. The van der Waals surface area contributed by atoms with Crippen molar-refractivity contribution < 1.29 is 8.42 Å². The Hall–Kier alpha value is -1.05. The van der Waals surface area contributed by atoms with Gasteiger partial charge in [0.25, 0.3) is 0 Å². The maximum atomic E-state index is 11.1. The van der Waals surface area contributed by atoms with Gasteiger partial charge in [-0.05, 0) is 18.2 Å². The summed E-state index contributed by atoms with van der Waals surface area (Å²) >= 11 is 5.65. The molecule has 1 rings (SSSR count). The molecule has 0 aliphatic heterocycles. The first kappa shape index (κ1) is 10.0. The fraction of sp³-hybridized carbons (Fsp3) is 0.125. The van der Waals surface area contributed by atoms with Gasteiger partial charge in [-0.25, -0.2) is 8.42 Å². The molecule has 0 radical (unpaired) electrons. The van der Waals surface area contributed by atoms with Crippen molar-refractivity contribution in [1.29, 1.82) is 5.26 Å². The Bertz CT molecular complexity index is 473. The lowest BCUT2D eigenvalue weighted by molar-refractivity contribution is 0.602. The Morgan fingerprint density at radius 2 is 2.08 bits per heavy atom. The summed E-state index contributed by atoms with van der Waals surface area (Å²) in [6.07, 6.45) is 1.05. The maximum Gasteiger partial charge on any atom is 0.177 e. The van der Waals surface area contributed by atoms with Crippen molar-refractivity contribution in [3.05, 3.63) is 28.8 Å². The standard InChI is InChI=1S/C8H6ClNO2S/c1-13(11,12)8-4-6(5-10)2-3-7(8)9/h2-4H,1H3. The van der Waals surface area contributed by atoms with Gasteiger partial charge in [0.2, 0.25) is 0 Å². The van der Waals surface area contributed by atoms with E-state index in [9.17, 15) is 8.42 Å². The second kappa shape index (κ2) is 3.36. The van der Waals surface area contributed by atoms with Crippen molar-refractivity contribution in [3.63, 3.8) is 0 Å². The molecular weight excluding hydrogens is 210 g/mol. The first-order valence-electron chi connectivity index (χ1n) is 3.35. The predicted molar refractivity (Wildman–Crippen MR) is 49.3 cm³/mol. The third-order valence-corrected chi connectivity index (χ3v) is 3.04. The van der Waals surface area contributed by atoms with Crippen LogP contribution in [0, 0.1) is 11.3 Å². The first-order valence-corrected chi connectivity index (χ1v) is 5.62. The summed E-state index contributed by atoms with van der Waals surface area (Å²) in [7, 11) is -3.35. The molecule has 0 saturated heterocycles. The zero-order valence-electron chi connectivity index (χ0n) is 6.78. The second-order valence-corrected chi connectivity index (χ2v) is 4.92. The van der Waals surface area contributed by atoms with E-state index in [1.165, 1.54) is 18.2 Å². The zero-order chi connectivity index (χ0) is 10.1. The van der Waals surface area contributed by atoms with Gasteiger partial charge in [0.15, 0.2) is 9.84 Å². The SMILES string of the molecule is CS(=O)(=O)c1cc(C#N)ccc1Cl. The van der Waals surface area contributed by atoms with Crippen molar-refractivity contribution in [2.45, 2.75) is 4.90 Å². The van der Waals surface area contributed by atoms with Crippen LogP contribution in [0.2, 0.25) is 5.02 Å². The van der Waals surface area contributed by atoms with Crippen molar-refractivity contribution in [3.8, 4) is 6.07 Å². The van der Waals surface area contributed by atoms with Gasteiger partial charge in [-0.3, -0.25) is 0 Å². The van der Waals surface area contributed by atoms with Gasteiger partial charge in [-0.2, -0.15) is 5.26 Å². The molecule has 0 aromatic heterocycles. The minimum atomic E-state index is -3.35. The van der Waals surface area contributed by atoms with Crippen molar-refractivity contribution in [2.24, 2.45) is 0 Å². The molecule has 0 saturated carbocycles. The minimum absolute atomic E-state index is 0.00628. The average Bonchev–Trinajstić information content (AvgIpc) is 2.03. The fourth-order valence-electron chi connectivity index (χ4n) is 0.857. The van der Waals surface area contributed by atoms with E-state index in [4.69, 9.17) is 16.9 Å². The van der Waals surface area contributed by atoms with Crippen LogP contribution < -0.4 is 0 Å². The highest BCUT2D eigenvalue weighted by Crippen LogP contribution is 2.21. The van der Waals surface area contributed by atoms with E-state index in [0.717, 1.165) is 6.26 Å². The number of nitrogens with zero attached hydrogens (tertiary/aromatic N) is 1. The van der Waals surface area contributed by atoms with Crippen molar-refractivity contribution in [1.82, 2.24) is 0 Å². The van der Waals surface area contributed by atoms with Crippen molar-refractivity contribution >= 4 is 21.4 Å². The van der Waals surface area contributed by atoms with Crippen molar-refractivity contribution in [2.75, 3.05) is 6.26 Å². The number of benzene rings is 1. The zero-order valence-corrected chi connectivity index (χ0v) is 8.35. The van der Waals surface area contributed by atoms with Gasteiger partial charge in [-0.15, -0.1) is 0 Å². The highest BCUT2D eigenvalue weighted by atomic mass is 35.5. The first-order chi connectivity index (χ1) is 5.95. The van der Waals surface area contributed by atoms with Gasteiger partial charge in [0, 0.05) is 6.26 Å². The minimum Gasteiger partial charge on any atom is -0.224 e. The van der Waals surface area contributed by atoms with Crippen LogP contribution in [0.3, 0.4) is 0 Å². The molecule has 3 nitrogen and oxygen atoms in total. The Balaban J connectivity index is 3.47. The summed E-state index contributed by atoms with van der Waals surface area (Å²) in [4.78, 5) is -0.00628. The third kappa shape index (κ3) is 2.20. The van der Waals surface area contributed by atoms with E-state index in [1.54, 1.807) is 0 Å². The Kier molecular flexibility index (Phi) is 2.60. The number of nitriles is 1. The summed E-state index contributed by atoms with van der Waals surface area (Å²) in [6, 6.07) is 5.97. The summed E-state index contributed by atoms with van der Waals surface area (Å²) in [5.41, 5.74) is 0.282. The lowest BCUT2D eigenvalue weighted by Gasteiger charge is -2.00. The molecule has 0 aliphatic rings. The summed E-state index contributed by atoms with van der Waals surface area (Å²) < 4.78 is 22.3. The highest BCUT2D eigenvalue weighted by Gasteiger charge is 2.12. The predicted octanol–water partition coefficient (Wildman–Crippen LogP) is 1.62. The molecular formula is C8H6ClNO2S. The van der Waals surface area contributed by atoms with Crippen LogP contribution in [-0.4, -0.2) is 14.7 Å². The molecule has 1 aromatic rings. The van der Waals surface area contributed by atoms with E-state index in [-0.39, 0.29) is 15.5 Å². The second-order valence-electron chi connectivity index (χ2n) is 2.53. The number of hydrogen-bond donors (Lipinski definition) is 0. The normalized spacial score (nSPS) is 10.8. The Morgan fingerprint density at radius 3 is 2.54 bits per heavy atom. The lowest BCUT2D eigenvalue weighted by Crippen LogP contribution is -1.98. The Labute approximate surface area is 81.5 Å². The van der Waals surface area contributed by atoms with Crippen LogP contribution in [0.15, 0.2) is 23.1 Å². The Morgan fingerprint density at radius 1 is 1.46 bits per heavy atom. The molecule has 5 heteroatoms. The molecule has 68 valence electrons. The molecule has 0 heterocycles. The number of halogens is 1. The summed E-state index contributed by atoms with van der Waals surface area (Å²) in [5, 5.41) is 8.67. The van der Waals surface area contributed by atoms with Gasteiger partial charge in [-0.1, -0.05) is 11.6 Å². The van der Waals surface area contributed by atoms with E-state index in [2.05, 4.69) is 0 Å². The lowest BCUT2D eigenvalue weighted by atomic mass is 10.2. The molecule has 1 aromatic carbocycles. The molecule has 0 amide bonds. The molecule has 0 N–H and O–H groups in total. The smallest absolute Gasteiger partial charge is 0.177 e. The quantitative estimate of drug-likeness (QED) is 0.715. The molecule has 0 fully saturated rings. The van der Waals surface area contributed by atoms with Crippen LogP contribution >= 0.6 is 11.6 Å². The van der Waals surface area contributed by atoms with Gasteiger partial charge in [0.1, 0.15) is 0 Å². The molecule has 0 spiro atoms. The van der Waals surface area contributed by atoms with E-state index in [0.29, 0.717) is 0 Å². The monoisotopic (exact) mass is 215 g/mol. The highest BCUT2D eigenvalue weighted by molar-refractivity contribution is 7.90. The van der Waals surface area contributed by atoms with Gasteiger partial charge < -0.3 is 0 Å². The van der Waals surface area contributed by atoms with E-state index >= 15 is 0 Å². The molecule has 0 aliphatic carbocycles. The molecule has 0 unspecified atom stereocenters. The van der Waals surface area contributed by atoms with Gasteiger partial charge in [0.05, 0.1) is 21.6 Å². The number of hydrogen-bond acceptors (Lipinski definition) is 3. The molecule has 13 heavy (non-hydrogen) atoms. The largest absolute Gasteiger partial charge is 0.224 e. The van der Waals surface area contributed by atoms with Crippen LogP contribution in [0.25, 0.3) is 0 Å². The average molecular weight is 216 g/mol. The molecule has 0 bridgehead atoms. The van der Waals surface area contributed by atoms with E-state index in [1.807, 2.05) is 6.07 Å². The molecule has 0 atom stereocenters. The number of sulfone groups is 1. The van der Waals surface area contributed by atoms with Crippen LogP contribution in [0.4, 0.5) is 0 Å². The maximum absolute atomic E-state index is 11.1. The third-order valence-electron chi connectivity index (χ3n) is 1.46. The van der Waals surface area contributed by atoms with Crippen LogP contribution in [0.5, 0.6) is 0 Å². The summed E-state index contributed by atoms with van der Waals surface area (Å²) in [6.45, 7) is 0. The van der Waals surface area contributed by atoms with Crippen LogP contribution in [0.1, 0.15) is 5.56 Å². The summed E-state index contributed by atoms with van der Waals surface area (Å²) in [5.74, 6) is 0.